The van der Waals surface area contributed by atoms with Gasteiger partial charge in [-0.15, -0.1) is 0 Å². The molecular weight excluding hydrogens is 402 g/mol. The molecule has 3 aromatic carbocycles. The van der Waals surface area contributed by atoms with Gasteiger partial charge in [-0.05, 0) is 35.9 Å². The summed E-state index contributed by atoms with van der Waals surface area (Å²) in [6.45, 7) is 0.490. The Labute approximate surface area is 185 Å². The van der Waals surface area contributed by atoms with Crippen LogP contribution in [0.15, 0.2) is 78.9 Å². The van der Waals surface area contributed by atoms with Gasteiger partial charge in [0.15, 0.2) is 0 Å². The highest BCUT2D eigenvalue weighted by atomic mass is 16.2. The fraction of sp³-hybridized carbons (Fsp3) is 0.192. The zero-order valence-electron chi connectivity index (χ0n) is 17.5. The molecule has 0 bridgehead atoms. The van der Waals surface area contributed by atoms with Crippen molar-refractivity contribution >= 4 is 39.9 Å². The van der Waals surface area contributed by atoms with Crippen molar-refractivity contribution in [3.63, 3.8) is 0 Å². The highest BCUT2D eigenvalue weighted by Crippen LogP contribution is 2.39. The number of para-hydroxylation sites is 1. The van der Waals surface area contributed by atoms with Crippen LogP contribution in [0.1, 0.15) is 18.4 Å². The third kappa shape index (κ3) is 3.43. The standard InChI is InChI=1S/C26H23N3O3/c30-23(27-22-12-5-9-18-7-1-3-10-20(18)22)13-14-24(31)29-16-6-15-26(29)17-19-8-2-4-11-21(19)28-25(26)32/h1-5,7-14H,6,15-17H2,(H,27,30)(H,28,32)/b14-13+. The van der Waals surface area contributed by atoms with Crippen molar-refractivity contribution in [3.8, 4) is 0 Å². The zero-order valence-corrected chi connectivity index (χ0v) is 17.5. The summed E-state index contributed by atoms with van der Waals surface area (Å²) in [4.78, 5) is 40.2. The summed E-state index contributed by atoms with van der Waals surface area (Å²) in [6.07, 6.45) is 4.34. The van der Waals surface area contributed by atoms with E-state index < -0.39 is 5.54 Å². The molecule has 6 heteroatoms. The van der Waals surface area contributed by atoms with E-state index in [9.17, 15) is 14.4 Å². The number of carbonyl (C=O) groups excluding carboxylic acids is 3. The van der Waals surface area contributed by atoms with Gasteiger partial charge in [-0.25, -0.2) is 0 Å². The van der Waals surface area contributed by atoms with Gasteiger partial charge in [0, 0.05) is 41.9 Å². The van der Waals surface area contributed by atoms with Crippen LogP contribution in [0.4, 0.5) is 11.4 Å². The number of hydrogen-bond donors (Lipinski definition) is 2. The first-order chi connectivity index (χ1) is 15.6. The minimum atomic E-state index is -0.901. The summed E-state index contributed by atoms with van der Waals surface area (Å²) in [5, 5.41) is 7.75. The number of hydrogen-bond acceptors (Lipinski definition) is 3. The summed E-state index contributed by atoms with van der Waals surface area (Å²) in [5.74, 6) is -0.873. The van der Waals surface area contributed by atoms with Crippen LogP contribution in [0.3, 0.4) is 0 Å². The normalized spacial score (nSPS) is 19.9. The molecule has 2 N–H and O–H groups in total. The van der Waals surface area contributed by atoms with E-state index in [1.54, 1.807) is 4.90 Å². The number of nitrogens with one attached hydrogen (secondary N) is 2. The van der Waals surface area contributed by atoms with Crippen LogP contribution < -0.4 is 10.6 Å². The van der Waals surface area contributed by atoms with Crippen LogP contribution in [-0.2, 0) is 20.8 Å². The van der Waals surface area contributed by atoms with Crippen molar-refractivity contribution in [2.75, 3.05) is 17.2 Å². The maximum absolute atomic E-state index is 13.0. The molecule has 1 spiro atoms. The van der Waals surface area contributed by atoms with Crippen molar-refractivity contribution < 1.29 is 14.4 Å². The number of nitrogens with zero attached hydrogens (tertiary/aromatic N) is 1. The quantitative estimate of drug-likeness (QED) is 0.625. The molecule has 1 fully saturated rings. The lowest BCUT2D eigenvalue weighted by molar-refractivity contribution is -0.139. The van der Waals surface area contributed by atoms with Crippen molar-refractivity contribution in [1.29, 1.82) is 0 Å². The average Bonchev–Trinajstić information content (AvgIpc) is 3.23. The molecule has 5 rings (SSSR count). The number of anilines is 2. The Morgan fingerprint density at radius 3 is 2.66 bits per heavy atom. The fourth-order valence-corrected chi connectivity index (χ4v) is 4.80. The first-order valence-corrected chi connectivity index (χ1v) is 10.7. The minimum Gasteiger partial charge on any atom is -0.324 e. The number of rotatable bonds is 3. The summed E-state index contributed by atoms with van der Waals surface area (Å²) in [5.41, 5.74) is 1.60. The smallest absolute Gasteiger partial charge is 0.250 e. The van der Waals surface area contributed by atoms with Gasteiger partial charge in [0.05, 0.1) is 0 Å². The van der Waals surface area contributed by atoms with E-state index >= 15 is 0 Å². The van der Waals surface area contributed by atoms with Crippen LogP contribution in [-0.4, -0.2) is 34.7 Å². The predicted octanol–water partition coefficient (Wildman–Crippen LogP) is 3.89. The first-order valence-electron chi connectivity index (χ1n) is 10.7. The van der Waals surface area contributed by atoms with E-state index in [0.717, 1.165) is 28.4 Å². The Balaban J connectivity index is 1.33. The number of carbonyl (C=O) groups is 3. The van der Waals surface area contributed by atoms with Gasteiger partial charge >= 0.3 is 0 Å². The minimum absolute atomic E-state index is 0.157. The number of fused-ring (bicyclic) bond motifs is 2. The summed E-state index contributed by atoms with van der Waals surface area (Å²) in [7, 11) is 0. The third-order valence-electron chi connectivity index (χ3n) is 6.35. The van der Waals surface area contributed by atoms with Gasteiger partial charge in [-0.3, -0.25) is 14.4 Å². The Kier molecular flexibility index (Phi) is 4.98. The van der Waals surface area contributed by atoms with Crippen LogP contribution in [0, 0.1) is 0 Å². The Hall–Kier alpha value is -3.93. The first kappa shape index (κ1) is 20.0. The molecular formula is C26H23N3O3. The van der Waals surface area contributed by atoms with Crippen molar-refractivity contribution in [2.24, 2.45) is 0 Å². The summed E-state index contributed by atoms with van der Waals surface area (Å²) in [6, 6.07) is 21.1. The SMILES string of the molecule is O=C(/C=C/C(=O)N1CCCC12Cc1ccccc1NC2=O)Nc1cccc2ccccc12. The highest BCUT2D eigenvalue weighted by Gasteiger charge is 2.51. The van der Waals surface area contributed by atoms with E-state index in [2.05, 4.69) is 10.6 Å². The molecule has 1 unspecified atom stereocenters. The molecule has 1 saturated heterocycles. The average molecular weight is 425 g/mol. The van der Waals surface area contributed by atoms with Crippen LogP contribution in [0.25, 0.3) is 10.8 Å². The molecule has 2 heterocycles. The molecule has 2 aliphatic heterocycles. The monoisotopic (exact) mass is 425 g/mol. The molecule has 6 nitrogen and oxygen atoms in total. The Morgan fingerprint density at radius 2 is 1.75 bits per heavy atom. The lowest BCUT2D eigenvalue weighted by Gasteiger charge is -2.40. The van der Waals surface area contributed by atoms with Crippen LogP contribution >= 0.6 is 0 Å². The van der Waals surface area contributed by atoms with E-state index in [4.69, 9.17) is 0 Å². The van der Waals surface area contributed by atoms with Crippen LogP contribution in [0.2, 0.25) is 0 Å². The van der Waals surface area contributed by atoms with Gasteiger partial charge < -0.3 is 15.5 Å². The molecule has 0 radical (unpaired) electrons. The van der Waals surface area contributed by atoms with Crippen molar-refractivity contribution in [3.05, 3.63) is 84.4 Å². The maximum Gasteiger partial charge on any atom is 0.250 e. The molecule has 160 valence electrons. The van der Waals surface area contributed by atoms with Gasteiger partial charge in [0.2, 0.25) is 11.8 Å². The van der Waals surface area contributed by atoms with Gasteiger partial charge in [0.1, 0.15) is 5.54 Å². The summed E-state index contributed by atoms with van der Waals surface area (Å²) >= 11 is 0. The second-order valence-corrected chi connectivity index (χ2v) is 8.26. The van der Waals surface area contributed by atoms with E-state index in [1.807, 2.05) is 66.7 Å². The maximum atomic E-state index is 13.0. The zero-order chi connectivity index (χ0) is 22.1. The number of likely N-dealkylation sites (tertiary alicyclic amines) is 1. The summed E-state index contributed by atoms with van der Waals surface area (Å²) < 4.78 is 0. The second kappa shape index (κ2) is 7.96. The lowest BCUT2D eigenvalue weighted by Crippen LogP contribution is -2.58. The Bertz CT molecular complexity index is 1260. The molecule has 1 atom stereocenters. The van der Waals surface area contributed by atoms with Gasteiger partial charge in [0.25, 0.3) is 5.91 Å². The molecule has 2 aliphatic rings. The molecule has 32 heavy (non-hydrogen) atoms. The Morgan fingerprint density at radius 1 is 0.969 bits per heavy atom. The fourth-order valence-electron chi connectivity index (χ4n) is 4.80. The van der Waals surface area contributed by atoms with E-state index in [0.29, 0.717) is 25.1 Å². The number of amides is 3. The van der Waals surface area contributed by atoms with Crippen molar-refractivity contribution in [1.82, 2.24) is 4.90 Å². The lowest BCUT2D eigenvalue weighted by atomic mass is 9.83. The highest BCUT2D eigenvalue weighted by molar-refractivity contribution is 6.09. The van der Waals surface area contributed by atoms with Crippen LogP contribution in [0.5, 0.6) is 0 Å². The van der Waals surface area contributed by atoms with E-state index in [-0.39, 0.29) is 17.7 Å². The third-order valence-corrected chi connectivity index (χ3v) is 6.35. The van der Waals surface area contributed by atoms with Gasteiger partial charge in [-0.2, -0.15) is 0 Å². The topological polar surface area (TPSA) is 78.5 Å². The van der Waals surface area contributed by atoms with E-state index in [1.165, 1.54) is 12.2 Å². The number of benzene rings is 3. The van der Waals surface area contributed by atoms with Crippen molar-refractivity contribution in [2.45, 2.75) is 24.8 Å². The largest absolute Gasteiger partial charge is 0.324 e. The molecule has 0 aromatic heterocycles. The predicted molar refractivity (Wildman–Crippen MR) is 124 cm³/mol. The molecule has 0 saturated carbocycles. The molecule has 3 amide bonds. The van der Waals surface area contributed by atoms with Gasteiger partial charge in [-0.1, -0.05) is 54.6 Å². The second-order valence-electron chi connectivity index (χ2n) is 8.26. The molecule has 0 aliphatic carbocycles. The molecule has 3 aromatic rings.